The molecule has 0 unspecified atom stereocenters. The molecule has 0 amide bonds. The molecule has 0 aliphatic rings. The van der Waals surface area contributed by atoms with Gasteiger partial charge in [0.1, 0.15) is 0 Å². The molecule has 0 N–H and O–H groups in total. The summed E-state index contributed by atoms with van der Waals surface area (Å²) in [7, 11) is 0. The summed E-state index contributed by atoms with van der Waals surface area (Å²) in [6.45, 7) is 0. The molecule has 14 heteroatoms. The minimum atomic E-state index is -1.52. The van der Waals surface area contributed by atoms with Crippen molar-refractivity contribution in [2.75, 3.05) is 0 Å². The standard InChI is InChI=1S/3C12H8O4.2Cr/c3*13-11(14)9-6-5-7-3-1-2-4-8(7)10(9)12(15)16;;/h3*1-6H,(H,13,14)(H,15,16);;/q;;;2*+3/p-6. The molecule has 0 aliphatic heterocycles. The predicted molar refractivity (Wildman–Crippen MR) is 158 cm³/mol. The fraction of sp³-hybridized carbons (Fsp3) is 0. The fourth-order valence-corrected chi connectivity index (χ4v) is 4.98. The van der Waals surface area contributed by atoms with E-state index in [1.807, 2.05) is 0 Å². The molecule has 50 heavy (non-hydrogen) atoms. The van der Waals surface area contributed by atoms with Crippen molar-refractivity contribution in [2.45, 2.75) is 0 Å². The van der Waals surface area contributed by atoms with E-state index < -0.39 is 35.8 Å². The largest absolute Gasteiger partial charge is 3.00 e. The summed E-state index contributed by atoms with van der Waals surface area (Å²) in [5.74, 6) is -9.12. The molecule has 6 rings (SSSR count). The Morgan fingerprint density at radius 1 is 0.300 bits per heavy atom. The Bertz CT molecular complexity index is 2030. The average Bonchev–Trinajstić information content (AvgIpc) is 3.06. The molecule has 0 saturated heterocycles. The summed E-state index contributed by atoms with van der Waals surface area (Å²) < 4.78 is 0. The third-order valence-electron chi connectivity index (χ3n) is 7.06. The second-order valence-electron chi connectivity index (χ2n) is 9.85. The van der Waals surface area contributed by atoms with Crippen LogP contribution in [0, 0.1) is 0 Å². The third kappa shape index (κ3) is 8.71. The first-order chi connectivity index (χ1) is 22.8. The van der Waals surface area contributed by atoms with Crippen LogP contribution in [0.25, 0.3) is 32.3 Å². The number of hydrogen-bond acceptors (Lipinski definition) is 12. The number of aromatic carboxylic acids is 6. The van der Waals surface area contributed by atoms with Crippen molar-refractivity contribution in [1.82, 2.24) is 0 Å². The Morgan fingerprint density at radius 2 is 0.520 bits per heavy atom. The van der Waals surface area contributed by atoms with E-state index in [4.69, 9.17) is 0 Å². The van der Waals surface area contributed by atoms with Crippen molar-refractivity contribution in [3.63, 3.8) is 0 Å². The summed E-state index contributed by atoms with van der Waals surface area (Å²) in [5, 5.41) is 68.1. The molecule has 0 heterocycles. The van der Waals surface area contributed by atoms with Crippen molar-refractivity contribution in [3.05, 3.63) is 143 Å². The van der Waals surface area contributed by atoms with Gasteiger partial charge in [-0.25, -0.2) is 0 Å². The smallest absolute Gasteiger partial charge is 0.545 e. The Hall–Kier alpha value is -6.02. The van der Waals surface area contributed by atoms with Gasteiger partial charge >= 0.3 is 34.7 Å². The van der Waals surface area contributed by atoms with E-state index >= 15 is 0 Å². The van der Waals surface area contributed by atoms with Gasteiger partial charge in [-0.05, 0) is 32.3 Å². The molecule has 0 atom stereocenters. The first-order valence-electron chi connectivity index (χ1n) is 13.7. The first-order valence-corrected chi connectivity index (χ1v) is 13.7. The molecular formula is C36H18Cr2O12. The Labute approximate surface area is 303 Å². The zero-order valence-corrected chi connectivity index (χ0v) is 27.7. The van der Waals surface area contributed by atoms with E-state index in [1.54, 1.807) is 54.6 Å². The molecule has 6 aromatic carbocycles. The van der Waals surface area contributed by atoms with Gasteiger partial charge in [-0.1, -0.05) is 109 Å². The van der Waals surface area contributed by atoms with Gasteiger partial charge in [0.05, 0.1) is 35.8 Å². The fourth-order valence-electron chi connectivity index (χ4n) is 4.98. The van der Waals surface area contributed by atoms with Crippen LogP contribution in [0.3, 0.4) is 0 Å². The maximum Gasteiger partial charge on any atom is 3.00 e. The summed E-state index contributed by atoms with van der Waals surface area (Å²) in [6.07, 6.45) is 0. The molecule has 12 nitrogen and oxygen atoms in total. The van der Waals surface area contributed by atoms with Crippen molar-refractivity contribution < 1.29 is 94.1 Å². The number of carbonyl (C=O) groups is 6. The quantitative estimate of drug-likeness (QED) is 0.193. The van der Waals surface area contributed by atoms with Gasteiger partial charge in [0.2, 0.25) is 0 Å². The number of carboxylic acid groups (broad SMARTS) is 6. The van der Waals surface area contributed by atoms with Crippen molar-refractivity contribution in [2.24, 2.45) is 0 Å². The first kappa shape index (κ1) is 40.2. The van der Waals surface area contributed by atoms with Gasteiger partial charge in [0.25, 0.3) is 0 Å². The van der Waals surface area contributed by atoms with Crippen molar-refractivity contribution in [3.8, 4) is 0 Å². The van der Waals surface area contributed by atoms with E-state index in [0.717, 1.165) is 0 Å². The number of carboxylic acids is 6. The van der Waals surface area contributed by atoms with E-state index in [9.17, 15) is 59.4 Å². The number of rotatable bonds is 6. The Kier molecular flexibility index (Phi) is 14.0. The van der Waals surface area contributed by atoms with Crippen LogP contribution in [0.15, 0.2) is 109 Å². The van der Waals surface area contributed by atoms with Crippen LogP contribution in [0.5, 0.6) is 0 Å². The third-order valence-corrected chi connectivity index (χ3v) is 7.06. The summed E-state index contributed by atoms with van der Waals surface area (Å²) in [4.78, 5) is 65.1. The minimum Gasteiger partial charge on any atom is -0.545 e. The van der Waals surface area contributed by atoms with Gasteiger partial charge in [-0.3, -0.25) is 0 Å². The predicted octanol–water partition coefficient (Wildman–Crippen LogP) is -1.30. The molecular weight excluding hydrogens is 728 g/mol. The molecule has 0 saturated carbocycles. The zero-order chi connectivity index (χ0) is 35.1. The van der Waals surface area contributed by atoms with Crippen LogP contribution < -0.4 is 30.6 Å². The monoisotopic (exact) mass is 746 g/mol. The van der Waals surface area contributed by atoms with Crippen LogP contribution >= 0.6 is 0 Å². The normalized spacial score (nSPS) is 9.84. The molecule has 0 aliphatic carbocycles. The molecule has 246 valence electrons. The second-order valence-corrected chi connectivity index (χ2v) is 9.85. The van der Waals surface area contributed by atoms with Gasteiger partial charge in [-0.2, -0.15) is 0 Å². The topological polar surface area (TPSA) is 241 Å². The molecule has 6 aromatic rings. The number of benzene rings is 6. The summed E-state index contributed by atoms with van der Waals surface area (Å²) in [5.41, 5.74) is -2.09. The van der Waals surface area contributed by atoms with Crippen LogP contribution in [0.4, 0.5) is 0 Å². The summed E-state index contributed by atoms with van der Waals surface area (Å²) in [6, 6.07) is 28.0. The van der Waals surface area contributed by atoms with E-state index in [2.05, 4.69) is 0 Å². The molecule has 0 fully saturated rings. The van der Waals surface area contributed by atoms with Gasteiger partial charge in [0, 0.05) is 33.4 Å². The number of carbonyl (C=O) groups excluding carboxylic acids is 6. The van der Waals surface area contributed by atoms with E-state index in [-0.39, 0.29) is 68.1 Å². The van der Waals surface area contributed by atoms with Gasteiger partial charge in [-0.15, -0.1) is 0 Å². The van der Waals surface area contributed by atoms with Gasteiger partial charge in [0.15, 0.2) is 0 Å². The maximum absolute atomic E-state index is 10.9. The van der Waals surface area contributed by atoms with Crippen molar-refractivity contribution >= 4 is 68.1 Å². The Balaban J connectivity index is 0.000000255. The Morgan fingerprint density at radius 3 is 0.720 bits per heavy atom. The SMILES string of the molecule is O=C([O-])c1ccc2ccccc2c1C(=O)[O-].O=C([O-])c1ccc2ccccc2c1C(=O)[O-].O=C([O-])c1ccc2ccccc2c1C(=O)[O-].[Cr+3].[Cr+3]. The minimum absolute atomic E-state index is 0. The number of fused-ring (bicyclic) bond motifs is 3. The maximum atomic E-state index is 10.9. The van der Waals surface area contributed by atoms with Gasteiger partial charge < -0.3 is 59.4 Å². The van der Waals surface area contributed by atoms with Crippen LogP contribution in [0.2, 0.25) is 0 Å². The van der Waals surface area contributed by atoms with Crippen LogP contribution in [0.1, 0.15) is 62.1 Å². The number of hydrogen-bond donors (Lipinski definition) is 0. The molecule has 2 radical (unpaired) electrons. The van der Waals surface area contributed by atoms with Crippen LogP contribution in [-0.4, -0.2) is 35.8 Å². The van der Waals surface area contributed by atoms with Crippen molar-refractivity contribution in [1.29, 1.82) is 0 Å². The van der Waals surface area contributed by atoms with E-state index in [0.29, 0.717) is 32.3 Å². The average molecular weight is 747 g/mol. The summed E-state index contributed by atoms with van der Waals surface area (Å²) >= 11 is 0. The van der Waals surface area contributed by atoms with Crippen LogP contribution in [-0.2, 0) is 34.7 Å². The molecule has 0 spiro atoms. The molecule has 0 bridgehead atoms. The molecule has 0 aromatic heterocycles. The zero-order valence-electron chi connectivity index (χ0n) is 25.1. The van der Waals surface area contributed by atoms with E-state index in [1.165, 1.54) is 54.6 Å². The second kappa shape index (κ2) is 17.4.